The monoisotopic (exact) mass is 200 g/mol. The molecule has 0 amide bonds. The van der Waals surface area contributed by atoms with Gasteiger partial charge in [0.25, 0.3) is 0 Å². The van der Waals surface area contributed by atoms with E-state index in [1.807, 2.05) is 6.92 Å². The van der Waals surface area contributed by atoms with Crippen molar-refractivity contribution in [2.75, 3.05) is 6.61 Å². The fourth-order valence-electron chi connectivity index (χ4n) is 1.60. The summed E-state index contributed by atoms with van der Waals surface area (Å²) in [5, 5.41) is 0. The molecule has 1 fully saturated rings. The Morgan fingerprint density at radius 2 is 1.64 bits per heavy atom. The Kier molecular flexibility index (Phi) is 8.70. The van der Waals surface area contributed by atoms with E-state index < -0.39 is 0 Å². The van der Waals surface area contributed by atoms with Crippen LogP contribution in [-0.2, 0) is 9.53 Å². The van der Waals surface area contributed by atoms with E-state index in [-0.39, 0.29) is 11.9 Å². The van der Waals surface area contributed by atoms with Gasteiger partial charge >= 0.3 is 5.97 Å². The van der Waals surface area contributed by atoms with Crippen molar-refractivity contribution in [3.63, 3.8) is 0 Å². The molecule has 0 saturated heterocycles. The number of hydrogen-bond donors (Lipinski definition) is 0. The summed E-state index contributed by atoms with van der Waals surface area (Å²) < 4.78 is 4.94. The van der Waals surface area contributed by atoms with E-state index in [1.165, 1.54) is 25.7 Å². The predicted octanol–water partition coefficient (Wildman–Crippen LogP) is 3.55. The molecule has 0 bridgehead atoms. The average molecular weight is 200 g/mol. The van der Waals surface area contributed by atoms with Crippen molar-refractivity contribution in [3.8, 4) is 0 Å². The lowest BCUT2D eigenvalue weighted by Gasteiger charge is -2.19. The minimum atomic E-state index is 0.0206. The lowest BCUT2D eigenvalue weighted by molar-refractivity contribution is -0.149. The molecule has 0 unspecified atom stereocenters. The molecule has 0 heterocycles. The summed E-state index contributed by atoms with van der Waals surface area (Å²) in [5.74, 6) is 0.232. The van der Waals surface area contributed by atoms with Gasteiger partial charge in [0.1, 0.15) is 0 Å². The van der Waals surface area contributed by atoms with Crippen molar-refractivity contribution >= 4 is 5.97 Å². The first-order valence-corrected chi connectivity index (χ1v) is 5.92. The Bertz CT molecular complexity index is 137. The first kappa shape index (κ1) is 13.5. The third-order valence-electron chi connectivity index (χ3n) is 2.23. The molecule has 2 nitrogen and oxygen atoms in total. The maximum absolute atomic E-state index is 11.2. The van der Waals surface area contributed by atoms with E-state index in [0.29, 0.717) is 6.61 Å². The summed E-state index contributed by atoms with van der Waals surface area (Å²) in [5.41, 5.74) is 0. The van der Waals surface area contributed by atoms with Gasteiger partial charge < -0.3 is 4.74 Å². The average Bonchev–Trinajstić information content (AvgIpc) is 2.21. The van der Waals surface area contributed by atoms with Crippen molar-refractivity contribution in [2.45, 2.75) is 59.3 Å². The number of hydrogen-bond acceptors (Lipinski definition) is 2. The molecule has 0 aromatic rings. The van der Waals surface area contributed by atoms with Gasteiger partial charge in [0.15, 0.2) is 0 Å². The topological polar surface area (TPSA) is 26.3 Å². The fraction of sp³-hybridized carbons (Fsp3) is 0.917. The van der Waals surface area contributed by atoms with Crippen molar-refractivity contribution < 1.29 is 9.53 Å². The van der Waals surface area contributed by atoms with Crippen molar-refractivity contribution in [1.82, 2.24) is 0 Å². The van der Waals surface area contributed by atoms with Crippen LogP contribution in [0.4, 0.5) is 0 Å². The minimum Gasteiger partial charge on any atom is -0.466 e. The smallest absolute Gasteiger partial charge is 0.308 e. The van der Waals surface area contributed by atoms with Crippen molar-refractivity contribution in [3.05, 3.63) is 0 Å². The second kappa shape index (κ2) is 9.04. The number of carbonyl (C=O) groups is 1. The zero-order chi connectivity index (χ0) is 10.8. The first-order valence-electron chi connectivity index (χ1n) is 5.92. The molecule has 0 aromatic heterocycles. The molecule has 0 N–H and O–H groups in total. The second-order valence-corrected chi connectivity index (χ2v) is 3.79. The van der Waals surface area contributed by atoms with E-state index in [4.69, 9.17) is 4.74 Å². The Hall–Kier alpha value is -0.530. The van der Waals surface area contributed by atoms with Crippen LogP contribution in [0.15, 0.2) is 0 Å². The van der Waals surface area contributed by atoms with Gasteiger partial charge in [-0.2, -0.15) is 0 Å². The molecule has 1 aliphatic carbocycles. The van der Waals surface area contributed by atoms with Crippen molar-refractivity contribution in [2.24, 2.45) is 5.92 Å². The van der Waals surface area contributed by atoms with Gasteiger partial charge in [0.2, 0.25) is 0 Å². The standard InChI is InChI=1S/C9H16O2.C3H8/c1-2-11-9(10)8-6-4-3-5-7-8;1-3-2/h8H,2-7H2,1H3;3H2,1-2H3. The van der Waals surface area contributed by atoms with E-state index in [1.54, 1.807) is 0 Å². The third-order valence-corrected chi connectivity index (χ3v) is 2.23. The molecule has 0 atom stereocenters. The maximum atomic E-state index is 11.2. The summed E-state index contributed by atoms with van der Waals surface area (Å²) in [6.07, 6.45) is 7.01. The summed E-state index contributed by atoms with van der Waals surface area (Å²) in [6, 6.07) is 0. The van der Waals surface area contributed by atoms with Crippen LogP contribution in [0.3, 0.4) is 0 Å². The normalized spacial score (nSPS) is 16.8. The molecule has 0 spiro atoms. The summed E-state index contributed by atoms with van der Waals surface area (Å²) in [4.78, 5) is 11.2. The molecule has 1 saturated carbocycles. The van der Waals surface area contributed by atoms with Gasteiger partial charge in [-0.15, -0.1) is 0 Å². The zero-order valence-electron chi connectivity index (χ0n) is 9.84. The summed E-state index contributed by atoms with van der Waals surface area (Å²) in [7, 11) is 0. The van der Waals surface area contributed by atoms with E-state index in [9.17, 15) is 4.79 Å². The van der Waals surface area contributed by atoms with Gasteiger partial charge in [0, 0.05) is 0 Å². The molecule has 84 valence electrons. The SMILES string of the molecule is CCC.CCOC(=O)C1CCCCC1. The highest BCUT2D eigenvalue weighted by Crippen LogP contribution is 2.24. The van der Waals surface area contributed by atoms with Crippen LogP contribution in [0.5, 0.6) is 0 Å². The van der Waals surface area contributed by atoms with Crippen LogP contribution in [0.25, 0.3) is 0 Å². The molecule has 14 heavy (non-hydrogen) atoms. The Balaban J connectivity index is 0.000000500. The van der Waals surface area contributed by atoms with Gasteiger partial charge in [-0.05, 0) is 19.8 Å². The quantitative estimate of drug-likeness (QED) is 0.637. The lowest BCUT2D eigenvalue weighted by atomic mass is 9.89. The Labute approximate surface area is 88.0 Å². The zero-order valence-corrected chi connectivity index (χ0v) is 9.84. The highest BCUT2D eigenvalue weighted by atomic mass is 16.5. The maximum Gasteiger partial charge on any atom is 0.308 e. The number of rotatable bonds is 2. The van der Waals surface area contributed by atoms with E-state index >= 15 is 0 Å². The van der Waals surface area contributed by atoms with Crippen LogP contribution in [0.1, 0.15) is 59.3 Å². The largest absolute Gasteiger partial charge is 0.466 e. The molecule has 0 aromatic carbocycles. The van der Waals surface area contributed by atoms with Gasteiger partial charge in [0.05, 0.1) is 12.5 Å². The number of carbonyl (C=O) groups excluding carboxylic acids is 1. The summed E-state index contributed by atoms with van der Waals surface area (Å²) in [6.45, 7) is 6.63. The second-order valence-electron chi connectivity index (χ2n) is 3.79. The predicted molar refractivity (Wildman–Crippen MR) is 59.2 cm³/mol. The molecular formula is C12H24O2. The van der Waals surface area contributed by atoms with Gasteiger partial charge in [-0.1, -0.05) is 39.5 Å². The van der Waals surface area contributed by atoms with Gasteiger partial charge in [-0.25, -0.2) is 0 Å². The minimum absolute atomic E-state index is 0.0206. The Morgan fingerprint density at radius 1 is 1.14 bits per heavy atom. The van der Waals surface area contributed by atoms with Crippen LogP contribution in [0.2, 0.25) is 0 Å². The number of esters is 1. The molecule has 0 radical (unpaired) electrons. The van der Waals surface area contributed by atoms with Crippen LogP contribution in [0, 0.1) is 5.92 Å². The van der Waals surface area contributed by atoms with Crippen molar-refractivity contribution in [1.29, 1.82) is 0 Å². The molecular weight excluding hydrogens is 176 g/mol. The van der Waals surface area contributed by atoms with E-state index in [2.05, 4.69) is 13.8 Å². The molecule has 1 rings (SSSR count). The van der Waals surface area contributed by atoms with Crippen LogP contribution < -0.4 is 0 Å². The molecule has 1 aliphatic rings. The highest BCUT2D eigenvalue weighted by molar-refractivity contribution is 5.72. The third kappa shape index (κ3) is 6.01. The van der Waals surface area contributed by atoms with E-state index in [0.717, 1.165) is 12.8 Å². The molecule has 2 heteroatoms. The summed E-state index contributed by atoms with van der Waals surface area (Å²) >= 11 is 0. The van der Waals surface area contributed by atoms with Crippen LogP contribution in [-0.4, -0.2) is 12.6 Å². The van der Waals surface area contributed by atoms with Crippen LogP contribution >= 0.6 is 0 Å². The highest BCUT2D eigenvalue weighted by Gasteiger charge is 2.21. The Morgan fingerprint density at radius 3 is 2.07 bits per heavy atom. The fourth-order valence-corrected chi connectivity index (χ4v) is 1.60. The first-order chi connectivity index (χ1) is 6.76. The molecule has 0 aliphatic heterocycles. The van der Waals surface area contributed by atoms with Gasteiger partial charge in [-0.3, -0.25) is 4.79 Å². The number of ether oxygens (including phenoxy) is 1. The lowest BCUT2D eigenvalue weighted by Crippen LogP contribution is -2.20.